The van der Waals surface area contributed by atoms with Crippen LogP contribution in [0.2, 0.25) is 0 Å². The lowest BCUT2D eigenvalue weighted by molar-refractivity contribution is 0.0907. The topological polar surface area (TPSA) is 88.9 Å². The van der Waals surface area contributed by atoms with Gasteiger partial charge in [-0.3, -0.25) is 4.79 Å². The number of methoxy groups -OCH3 is 1. The maximum absolute atomic E-state index is 12.6. The van der Waals surface area contributed by atoms with Gasteiger partial charge >= 0.3 is 0 Å². The van der Waals surface area contributed by atoms with Crippen LogP contribution < -0.4 is 5.32 Å². The summed E-state index contributed by atoms with van der Waals surface area (Å²) in [5.41, 5.74) is 0.983. The molecule has 8 heteroatoms. The molecule has 25 heavy (non-hydrogen) atoms. The number of carbonyl (C=O) groups is 1. The maximum Gasteiger partial charge on any atom is 0.287 e. The highest BCUT2D eigenvalue weighted by molar-refractivity contribution is 7.89. The third-order valence-electron chi connectivity index (χ3n) is 3.58. The molecule has 0 saturated carbocycles. The average Bonchev–Trinajstić information content (AvgIpc) is 3.04. The van der Waals surface area contributed by atoms with E-state index in [1.165, 1.54) is 17.4 Å². The highest BCUT2D eigenvalue weighted by Crippen LogP contribution is 2.18. The molecule has 7 nitrogen and oxygen atoms in total. The first-order valence-electron chi connectivity index (χ1n) is 7.73. The minimum atomic E-state index is -3.63. The summed E-state index contributed by atoms with van der Waals surface area (Å²) in [5.74, 6) is 0.148. The molecule has 0 bridgehead atoms. The van der Waals surface area contributed by atoms with Crippen LogP contribution >= 0.6 is 0 Å². The Kier molecular flexibility index (Phi) is 6.35. The minimum absolute atomic E-state index is 0.0293. The summed E-state index contributed by atoms with van der Waals surface area (Å²) >= 11 is 0. The third kappa shape index (κ3) is 4.91. The van der Waals surface area contributed by atoms with Gasteiger partial charge in [0.15, 0.2) is 5.76 Å². The summed E-state index contributed by atoms with van der Waals surface area (Å²) in [6, 6.07) is 9.73. The van der Waals surface area contributed by atoms with Gasteiger partial charge in [-0.15, -0.1) is 0 Å². The predicted molar refractivity (Wildman–Crippen MR) is 92.7 cm³/mol. The zero-order valence-corrected chi connectivity index (χ0v) is 15.3. The first-order valence-corrected chi connectivity index (χ1v) is 9.17. The number of nitrogens with one attached hydrogen (secondary N) is 1. The summed E-state index contributed by atoms with van der Waals surface area (Å²) in [5, 5.41) is 2.64. The van der Waals surface area contributed by atoms with Crippen molar-refractivity contribution in [2.45, 2.75) is 18.4 Å². The van der Waals surface area contributed by atoms with Crippen LogP contribution in [-0.4, -0.2) is 45.9 Å². The van der Waals surface area contributed by atoms with Crippen LogP contribution in [0.5, 0.6) is 0 Å². The van der Waals surface area contributed by atoms with Crippen molar-refractivity contribution in [1.82, 2.24) is 9.62 Å². The minimum Gasteiger partial charge on any atom is -0.455 e. The van der Waals surface area contributed by atoms with E-state index >= 15 is 0 Å². The number of aryl methyl sites for hydroxylation is 1. The van der Waals surface area contributed by atoms with E-state index in [-0.39, 0.29) is 23.1 Å². The van der Waals surface area contributed by atoms with Crippen LogP contribution in [0.3, 0.4) is 0 Å². The highest BCUT2D eigenvalue weighted by atomic mass is 32.2. The number of nitrogens with zero attached hydrogens (tertiary/aromatic N) is 1. The van der Waals surface area contributed by atoms with E-state index in [0.717, 1.165) is 5.56 Å². The zero-order valence-electron chi connectivity index (χ0n) is 14.5. The fraction of sp³-hybridized carbons (Fsp3) is 0.353. The lowest BCUT2D eigenvalue weighted by atomic mass is 10.2. The first-order chi connectivity index (χ1) is 11.8. The normalized spacial score (nSPS) is 11.7. The van der Waals surface area contributed by atoms with Crippen LogP contribution in [0.1, 0.15) is 21.9 Å². The molecule has 1 aromatic heterocycles. The van der Waals surface area contributed by atoms with E-state index in [4.69, 9.17) is 9.15 Å². The van der Waals surface area contributed by atoms with Crippen molar-refractivity contribution in [3.05, 3.63) is 53.5 Å². The zero-order chi connectivity index (χ0) is 18.4. The molecule has 136 valence electrons. The van der Waals surface area contributed by atoms with Crippen LogP contribution in [0, 0.1) is 6.92 Å². The Hall–Kier alpha value is -2.16. The molecule has 0 atom stereocenters. The fourth-order valence-electron chi connectivity index (χ4n) is 2.13. The lowest BCUT2D eigenvalue weighted by Gasteiger charge is -2.16. The van der Waals surface area contributed by atoms with Crippen LogP contribution in [0.25, 0.3) is 0 Å². The predicted octanol–water partition coefficient (Wildman–Crippen LogP) is 1.78. The molecule has 1 N–H and O–H groups in total. The van der Waals surface area contributed by atoms with Crippen LogP contribution in [0.15, 0.2) is 45.7 Å². The molecule has 0 aliphatic rings. The van der Waals surface area contributed by atoms with Crippen molar-refractivity contribution in [2.24, 2.45) is 0 Å². The Balaban J connectivity index is 2.04. The second kappa shape index (κ2) is 8.28. The number of sulfonamides is 1. The van der Waals surface area contributed by atoms with Crippen molar-refractivity contribution in [3.63, 3.8) is 0 Å². The van der Waals surface area contributed by atoms with Gasteiger partial charge in [0.25, 0.3) is 5.91 Å². The number of ether oxygens (including phenoxy) is 1. The van der Waals surface area contributed by atoms with E-state index in [1.807, 2.05) is 6.92 Å². The molecule has 0 spiro atoms. The Labute approximate surface area is 147 Å². The average molecular weight is 366 g/mol. The van der Waals surface area contributed by atoms with Crippen molar-refractivity contribution < 1.29 is 22.4 Å². The quantitative estimate of drug-likeness (QED) is 0.720. The molecular formula is C17H22N2O5S. The Morgan fingerprint density at radius 2 is 1.88 bits per heavy atom. The van der Waals surface area contributed by atoms with Crippen LogP contribution in [-0.2, 0) is 21.3 Å². The van der Waals surface area contributed by atoms with Crippen molar-refractivity contribution in [2.75, 3.05) is 27.3 Å². The molecule has 0 fully saturated rings. The van der Waals surface area contributed by atoms with Gasteiger partial charge in [-0.2, -0.15) is 4.31 Å². The Bertz CT molecular complexity index is 812. The number of furan rings is 1. The standard InChI is InChI=1S/C17H22N2O5S/c1-13-4-7-15(8-5-13)25(21,22)19(2)12-14-6-9-16(24-14)17(20)18-10-11-23-3/h4-9H,10-12H2,1-3H3,(H,18,20). The number of hydrogen-bond donors (Lipinski definition) is 1. The third-order valence-corrected chi connectivity index (χ3v) is 5.40. The molecule has 1 heterocycles. The van der Waals surface area contributed by atoms with Crippen molar-refractivity contribution >= 4 is 15.9 Å². The van der Waals surface area contributed by atoms with E-state index in [0.29, 0.717) is 18.9 Å². The van der Waals surface area contributed by atoms with E-state index in [2.05, 4.69) is 5.32 Å². The monoisotopic (exact) mass is 366 g/mol. The second-order valence-electron chi connectivity index (χ2n) is 5.59. The summed E-state index contributed by atoms with van der Waals surface area (Å²) in [6.07, 6.45) is 0. The van der Waals surface area contributed by atoms with Gasteiger partial charge in [0, 0.05) is 20.7 Å². The number of benzene rings is 1. The van der Waals surface area contributed by atoms with Gasteiger partial charge in [0.1, 0.15) is 5.76 Å². The SMILES string of the molecule is COCCNC(=O)c1ccc(CN(C)S(=O)(=O)c2ccc(C)cc2)o1. The van der Waals surface area contributed by atoms with Gasteiger partial charge < -0.3 is 14.5 Å². The molecule has 1 amide bonds. The van der Waals surface area contributed by atoms with Gasteiger partial charge in [-0.1, -0.05) is 17.7 Å². The lowest BCUT2D eigenvalue weighted by Crippen LogP contribution is -2.27. The van der Waals surface area contributed by atoms with Gasteiger partial charge in [-0.05, 0) is 31.2 Å². The summed E-state index contributed by atoms with van der Waals surface area (Å²) in [4.78, 5) is 12.1. The molecule has 0 saturated heterocycles. The molecule has 0 radical (unpaired) electrons. The number of carbonyl (C=O) groups excluding carboxylic acids is 1. The number of amides is 1. The summed E-state index contributed by atoms with van der Waals surface area (Å²) in [6.45, 7) is 2.69. The fourth-order valence-corrected chi connectivity index (χ4v) is 3.27. The second-order valence-corrected chi connectivity index (χ2v) is 7.63. The van der Waals surface area contributed by atoms with Crippen LogP contribution in [0.4, 0.5) is 0 Å². The number of hydrogen-bond acceptors (Lipinski definition) is 5. The number of rotatable bonds is 8. The molecule has 0 unspecified atom stereocenters. The summed E-state index contributed by atoms with van der Waals surface area (Å²) in [7, 11) is -0.615. The van der Waals surface area contributed by atoms with Crippen molar-refractivity contribution in [3.8, 4) is 0 Å². The Morgan fingerprint density at radius 1 is 1.20 bits per heavy atom. The highest BCUT2D eigenvalue weighted by Gasteiger charge is 2.22. The summed E-state index contributed by atoms with van der Waals surface area (Å²) < 4.78 is 36.6. The molecule has 0 aliphatic heterocycles. The molecule has 2 rings (SSSR count). The molecule has 2 aromatic rings. The molecular weight excluding hydrogens is 344 g/mol. The Morgan fingerprint density at radius 3 is 2.52 bits per heavy atom. The van der Waals surface area contributed by atoms with E-state index in [9.17, 15) is 13.2 Å². The first kappa shape index (κ1) is 19.2. The van der Waals surface area contributed by atoms with E-state index < -0.39 is 10.0 Å². The van der Waals surface area contributed by atoms with Gasteiger partial charge in [-0.25, -0.2) is 8.42 Å². The smallest absolute Gasteiger partial charge is 0.287 e. The van der Waals surface area contributed by atoms with Gasteiger partial charge in [0.2, 0.25) is 10.0 Å². The van der Waals surface area contributed by atoms with Gasteiger partial charge in [0.05, 0.1) is 18.0 Å². The van der Waals surface area contributed by atoms with Crippen molar-refractivity contribution in [1.29, 1.82) is 0 Å². The maximum atomic E-state index is 12.6. The largest absolute Gasteiger partial charge is 0.455 e. The van der Waals surface area contributed by atoms with E-state index in [1.54, 1.807) is 37.4 Å². The molecule has 0 aliphatic carbocycles. The molecule has 1 aromatic carbocycles.